The number of hydrogen-bond donors (Lipinski definition) is 0. The van der Waals surface area contributed by atoms with Crippen LogP contribution in [0.2, 0.25) is 0 Å². The first-order chi connectivity index (χ1) is 10.1. The quantitative estimate of drug-likeness (QED) is 0.535. The summed E-state index contributed by atoms with van der Waals surface area (Å²) < 4.78 is 15.4. The van der Waals surface area contributed by atoms with Gasteiger partial charge in [-0.25, -0.2) is 9.37 Å². The molecule has 3 nitrogen and oxygen atoms in total. The third-order valence-electron chi connectivity index (χ3n) is 2.99. The lowest BCUT2D eigenvalue weighted by Crippen LogP contribution is -1.98. The molecule has 0 spiro atoms. The Hall–Kier alpha value is -1.85. The Labute approximate surface area is 129 Å². The lowest BCUT2D eigenvalue weighted by atomic mass is 10.2. The number of imidazole rings is 1. The normalized spacial score (nSPS) is 11.0. The molecule has 0 saturated carbocycles. The van der Waals surface area contributed by atoms with E-state index in [-0.39, 0.29) is 11.3 Å². The Kier molecular flexibility index (Phi) is 3.94. The zero-order chi connectivity index (χ0) is 14.8. The van der Waals surface area contributed by atoms with Crippen LogP contribution in [0.3, 0.4) is 0 Å². The summed E-state index contributed by atoms with van der Waals surface area (Å²) in [5.41, 5.74) is 1.40. The minimum absolute atomic E-state index is 0.100. The number of rotatable bonds is 4. The fourth-order valence-electron chi connectivity index (χ4n) is 1.99. The molecular formula is C15H10ClFN2OS. The molecule has 6 heteroatoms. The molecule has 2 aromatic heterocycles. The van der Waals surface area contributed by atoms with E-state index in [4.69, 9.17) is 11.6 Å². The lowest BCUT2D eigenvalue weighted by molar-refractivity contribution is 0.107. The van der Waals surface area contributed by atoms with Gasteiger partial charge in [0.15, 0.2) is 11.5 Å². The van der Waals surface area contributed by atoms with Crippen LogP contribution in [0.15, 0.2) is 53.7 Å². The first-order valence-corrected chi connectivity index (χ1v) is 7.54. The third kappa shape index (κ3) is 2.94. The summed E-state index contributed by atoms with van der Waals surface area (Å²) in [7, 11) is 0. The third-order valence-corrected chi connectivity index (χ3v) is 4.21. The van der Waals surface area contributed by atoms with E-state index in [0.717, 1.165) is 5.56 Å². The maximum atomic E-state index is 14.0. The number of pyridine rings is 1. The Morgan fingerprint density at radius 1 is 1.33 bits per heavy atom. The number of carbonyl (C=O) groups is 1. The highest BCUT2D eigenvalue weighted by Crippen LogP contribution is 2.25. The lowest BCUT2D eigenvalue weighted by Gasteiger charge is -2.05. The van der Waals surface area contributed by atoms with E-state index in [0.29, 0.717) is 10.6 Å². The summed E-state index contributed by atoms with van der Waals surface area (Å²) >= 11 is 6.96. The molecule has 0 atom stereocenters. The standard InChI is InChI=1S/C15H10ClFN2OS/c16-14(20)13-7-18-15-12(17)6-11(8-19(13)15)21-9-10-4-2-1-3-5-10/h1-8H,9H2. The number of benzene rings is 1. The maximum Gasteiger partial charge on any atom is 0.270 e. The molecular weight excluding hydrogens is 311 g/mol. The van der Waals surface area contributed by atoms with Gasteiger partial charge >= 0.3 is 0 Å². The van der Waals surface area contributed by atoms with Crippen LogP contribution < -0.4 is 0 Å². The first-order valence-electron chi connectivity index (χ1n) is 6.18. The minimum Gasteiger partial charge on any atom is -0.292 e. The number of carbonyl (C=O) groups excluding carboxylic acids is 1. The van der Waals surface area contributed by atoms with Crippen molar-refractivity contribution in [3.05, 3.63) is 65.9 Å². The molecule has 2 heterocycles. The summed E-state index contributed by atoms with van der Waals surface area (Å²) in [5, 5.41) is -0.660. The zero-order valence-electron chi connectivity index (χ0n) is 10.8. The molecule has 3 aromatic rings. The number of thioether (sulfide) groups is 1. The zero-order valence-corrected chi connectivity index (χ0v) is 12.4. The monoisotopic (exact) mass is 320 g/mol. The van der Waals surface area contributed by atoms with Gasteiger partial charge in [-0.2, -0.15) is 0 Å². The average Bonchev–Trinajstić information content (AvgIpc) is 2.91. The molecule has 0 radical (unpaired) electrons. The Morgan fingerprint density at radius 3 is 2.81 bits per heavy atom. The van der Waals surface area contributed by atoms with Crippen LogP contribution in [-0.2, 0) is 5.75 Å². The van der Waals surface area contributed by atoms with E-state index < -0.39 is 11.1 Å². The van der Waals surface area contributed by atoms with Crippen LogP contribution in [0.25, 0.3) is 5.65 Å². The first kappa shape index (κ1) is 14.1. The highest BCUT2D eigenvalue weighted by atomic mass is 35.5. The van der Waals surface area contributed by atoms with Gasteiger partial charge in [0.25, 0.3) is 5.24 Å². The maximum absolute atomic E-state index is 14.0. The second-order valence-corrected chi connectivity index (χ2v) is 5.80. The number of fused-ring (bicyclic) bond motifs is 1. The van der Waals surface area contributed by atoms with Gasteiger partial charge in [-0.05, 0) is 23.2 Å². The van der Waals surface area contributed by atoms with Gasteiger partial charge in [0.1, 0.15) is 5.69 Å². The van der Waals surface area contributed by atoms with Gasteiger partial charge in [0, 0.05) is 16.8 Å². The van der Waals surface area contributed by atoms with Crippen molar-refractivity contribution in [2.75, 3.05) is 0 Å². The number of nitrogens with zero attached hydrogens (tertiary/aromatic N) is 2. The molecule has 0 bridgehead atoms. The SMILES string of the molecule is O=C(Cl)c1cnc2c(F)cc(SCc3ccccc3)cn12. The van der Waals surface area contributed by atoms with Gasteiger partial charge in [0.2, 0.25) is 0 Å². The predicted octanol–water partition coefficient (Wildman–Crippen LogP) is 4.14. The largest absolute Gasteiger partial charge is 0.292 e. The molecule has 0 N–H and O–H groups in total. The van der Waals surface area contributed by atoms with Gasteiger partial charge < -0.3 is 0 Å². The summed E-state index contributed by atoms with van der Waals surface area (Å²) in [4.78, 5) is 15.9. The highest BCUT2D eigenvalue weighted by molar-refractivity contribution is 7.98. The van der Waals surface area contributed by atoms with E-state index in [9.17, 15) is 9.18 Å². The molecule has 0 aliphatic rings. The van der Waals surface area contributed by atoms with Crippen LogP contribution in [0.5, 0.6) is 0 Å². The van der Waals surface area contributed by atoms with E-state index in [2.05, 4.69) is 4.98 Å². The molecule has 21 heavy (non-hydrogen) atoms. The second-order valence-electron chi connectivity index (χ2n) is 4.41. The summed E-state index contributed by atoms with van der Waals surface area (Å²) in [6, 6.07) is 11.3. The van der Waals surface area contributed by atoms with Gasteiger partial charge in [-0.3, -0.25) is 9.20 Å². The van der Waals surface area contributed by atoms with E-state index >= 15 is 0 Å². The van der Waals surface area contributed by atoms with Crippen LogP contribution >= 0.6 is 23.4 Å². The van der Waals surface area contributed by atoms with Crippen molar-refractivity contribution in [1.82, 2.24) is 9.38 Å². The van der Waals surface area contributed by atoms with E-state index in [1.807, 2.05) is 30.3 Å². The summed E-state index contributed by atoms with van der Waals surface area (Å²) in [6.45, 7) is 0. The van der Waals surface area contributed by atoms with Crippen LogP contribution in [0.1, 0.15) is 16.1 Å². The van der Waals surface area contributed by atoms with Crippen molar-refractivity contribution in [3.8, 4) is 0 Å². The Balaban J connectivity index is 1.92. The second kappa shape index (κ2) is 5.87. The topological polar surface area (TPSA) is 34.4 Å². The number of hydrogen-bond acceptors (Lipinski definition) is 3. The fourth-order valence-corrected chi connectivity index (χ4v) is 3.02. The molecule has 1 aromatic carbocycles. The molecule has 0 saturated heterocycles. The van der Waals surface area contributed by atoms with Crippen molar-refractivity contribution in [2.24, 2.45) is 0 Å². The Morgan fingerprint density at radius 2 is 2.10 bits per heavy atom. The molecule has 0 unspecified atom stereocenters. The highest BCUT2D eigenvalue weighted by Gasteiger charge is 2.13. The van der Waals surface area contributed by atoms with E-state index in [1.54, 1.807) is 6.20 Å². The van der Waals surface area contributed by atoms with Crippen LogP contribution in [0, 0.1) is 5.82 Å². The minimum atomic E-state index is -0.660. The Bertz CT molecular complexity index is 804. The molecule has 106 valence electrons. The van der Waals surface area contributed by atoms with Crippen LogP contribution in [-0.4, -0.2) is 14.6 Å². The number of halogens is 2. The molecule has 3 rings (SSSR count). The molecule has 0 aliphatic carbocycles. The van der Waals surface area contributed by atoms with Crippen LogP contribution in [0.4, 0.5) is 4.39 Å². The van der Waals surface area contributed by atoms with Crippen molar-refractivity contribution in [1.29, 1.82) is 0 Å². The van der Waals surface area contributed by atoms with Crippen molar-refractivity contribution in [3.63, 3.8) is 0 Å². The predicted molar refractivity (Wildman–Crippen MR) is 81.3 cm³/mol. The molecule has 0 aliphatic heterocycles. The average molecular weight is 321 g/mol. The fraction of sp³-hybridized carbons (Fsp3) is 0.0667. The van der Waals surface area contributed by atoms with E-state index in [1.165, 1.54) is 28.4 Å². The summed E-state index contributed by atoms with van der Waals surface area (Å²) in [5.74, 6) is 0.238. The molecule has 0 amide bonds. The van der Waals surface area contributed by atoms with Crippen molar-refractivity contribution >= 4 is 34.3 Å². The van der Waals surface area contributed by atoms with Gasteiger partial charge in [-0.15, -0.1) is 11.8 Å². The number of aromatic nitrogens is 2. The van der Waals surface area contributed by atoms with Crippen molar-refractivity contribution in [2.45, 2.75) is 10.6 Å². The van der Waals surface area contributed by atoms with Gasteiger partial charge in [0.05, 0.1) is 6.20 Å². The van der Waals surface area contributed by atoms with Gasteiger partial charge in [-0.1, -0.05) is 30.3 Å². The summed E-state index contributed by atoms with van der Waals surface area (Å²) in [6.07, 6.45) is 2.95. The van der Waals surface area contributed by atoms with Crippen molar-refractivity contribution < 1.29 is 9.18 Å². The smallest absolute Gasteiger partial charge is 0.270 e. The molecule has 0 fully saturated rings.